The van der Waals surface area contributed by atoms with Crippen LogP contribution < -0.4 is 5.48 Å². The molecule has 2 amide bonds. The van der Waals surface area contributed by atoms with E-state index in [0.29, 0.717) is 24.7 Å². The van der Waals surface area contributed by atoms with Crippen molar-refractivity contribution in [1.29, 1.82) is 0 Å². The number of amides is 2. The quantitative estimate of drug-likeness (QED) is 0.497. The van der Waals surface area contributed by atoms with Crippen molar-refractivity contribution in [2.24, 2.45) is 17.8 Å². The zero-order chi connectivity index (χ0) is 21.2. The van der Waals surface area contributed by atoms with Crippen molar-refractivity contribution in [1.82, 2.24) is 14.7 Å². The number of nitrogens with zero attached hydrogens (tertiary/aromatic N) is 2. The van der Waals surface area contributed by atoms with Gasteiger partial charge in [0, 0.05) is 58.2 Å². The van der Waals surface area contributed by atoms with Crippen molar-refractivity contribution >= 4 is 21.8 Å². The lowest BCUT2D eigenvalue weighted by atomic mass is 9.89. The van der Waals surface area contributed by atoms with Crippen LogP contribution in [-0.4, -0.2) is 78.8 Å². The van der Waals surface area contributed by atoms with Crippen LogP contribution in [0.3, 0.4) is 0 Å². The van der Waals surface area contributed by atoms with Gasteiger partial charge in [0.2, 0.25) is 15.9 Å². The molecule has 0 saturated carbocycles. The van der Waals surface area contributed by atoms with Crippen LogP contribution in [0, 0.1) is 17.8 Å². The van der Waals surface area contributed by atoms with Crippen LogP contribution in [0.4, 0.5) is 0 Å². The summed E-state index contributed by atoms with van der Waals surface area (Å²) in [5, 5.41) is 9.14. The van der Waals surface area contributed by atoms with Crippen LogP contribution in [0.1, 0.15) is 46.0 Å². The second kappa shape index (κ2) is 8.87. The molecular weight excluding hydrogens is 398 g/mol. The van der Waals surface area contributed by atoms with Gasteiger partial charge in [-0.25, -0.2) is 18.2 Å². The molecule has 2 N–H and O–H groups in total. The van der Waals surface area contributed by atoms with E-state index in [-0.39, 0.29) is 51.0 Å². The molecule has 3 rings (SSSR count). The van der Waals surface area contributed by atoms with E-state index in [1.807, 2.05) is 4.90 Å². The summed E-state index contributed by atoms with van der Waals surface area (Å²) in [6.45, 7) is 6.55. The third kappa shape index (κ3) is 4.30. The Kier molecular flexibility index (Phi) is 6.87. The highest BCUT2D eigenvalue weighted by Crippen LogP contribution is 2.35. The topological polar surface area (TPSA) is 116 Å². The number of nitrogens with one attached hydrogen (secondary N) is 1. The summed E-state index contributed by atoms with van der Waals surface area (Å²) < 4.78 is 31.5. The van der Waals surface area contributed by atoms with Crippen molar-refractivity contribution in [2.75, 3.05) is 39.4 Å². The normalized spacial score (nSPS) is 29.4. The molecule has 0 aliphatic carbocycles. The second-order valence-electron chi connectivity index (χ2n) is 8.92. The van der Waals surface area contributed by atoms with Crippen LogP contribution in [0.2, 0.25) is 0 Å². The van der Waals surface area contributed by atoms with Crippen LogP contribution >= 0.6 is 0 Å². The predicted molar refractivity (Wildman–Crippen MR) is 105 cm³/mol. The van der Waals surface area contributed by atoms with Crippen LogP contribution in [0.5, 0.6) is 0 Å². The standard InChI is InChI=1S/C19H33N3O6S/c1-14-11-15(2)13-21(12-14)17(23)16-3-7-22(8-4-16)29(26,27)19(18(24)20-25)5-9-28-10-6-19/h14-16,25H,3-13H2,1-2H3,(H,20,24)/t14-,15+. The van der Waals surface area contributed by atoms with Crippen LogP contribution in [-0.2, 0) is 24.3 Å². The monoisotopic (exact) mass is 431 g/mol. The Labute approximate surface area is 172 Å². The van der Waals surface area contributed by atoms with Gasteiger partial charge in [-0.1, -0.05) is 13.8 Å². The summed E-state index contributed by atoms with van der Waals surface area (Å²) in [7, 11) is -3.99. The first kappa shape index (κ1) is 22.5. The lowest BCUT2D eigenvalue weighted by Crippen LogP contribution is -2.60. The number of sulfonamides is 1. The zero-order valence-corrected chi connectivity index (χ0v) is 18.1. The molecule has 3 fully saturated rings. The highest BCUT2D eigenvalue weighted by atomic mass is 32.2. The van der Waals surface area contributed by atoms with Gasteiger partial charge in [-0.2, -0.15) is 0 Å². The number of piperidine rings is 2. The fourth-order valence-corrected chi connectivity index (χ4v) is 7.24. The number of carbonyl (C=O) groups is 2. The van der Waals surface area contributed by atoms with Crippen molar-refractivity contribution in [3.63, 3.8) is 0 Å². The van der Waals surface area contributed by atoms with Gasteiger partial charge in [-0.15, -0.1) is 0 Å². The first-order valence-corrected chi connectivity index (χ1v) is 12.0. The molecule has 0 aromatic carbocycles. The maximum Gasteiger partial charge on any atom is 0.266 e. The van der Waals surface area contributed by atoms with Gasteiger partial charge in [0.25, 0.3) is 5.91 Å². The Bertz CT molecular complexity index is 703. The van der Waals surface area contributed by atoms with Crippen LogP contribution in [0.15, 0.2) is 0 Å². The molecule has 29 heavy (non-hydrogen) atoms. The van der Waals surface area contributed by atoms with Gasteiger partial charge in [-0.05, 0) is 31.1 Å². The summed E-state index contributed by atoms with van der Waals surface area (Å²) >= 11 is 0. The van der Waals surface area contributed by atoms with E-state index < -0.39 is 20.7 Å². The predicted octanol–water partition coefficient (Wildman–Crippen LogP) is 0.587. The SMILES string of the molecule is C[C@@H]1C[C@H](C)CN(C(=O)C2CCN(S(=O)(=O)C3(C(=O)NO)CCOCC3)CC2)C1. The molecule has 3 heterocycles. The molecule has 3 aliphatic heterocycles. The number of likely N-dealkylation sites (tertiary alicyclic amines) is 1. The Balaban J connectivity index is 1.67. The average Bonchev–Trinajstić information content (AvgIpc) is 2.72. The van der Waals surface area contributed by atoms with E-state index in [1.165, 1.54) is 9.79 Å². The van der Waals surface area contributed by atoms with Crippen molar-refractivity contribution in [3.05, 3.63) is 0 Å². The van der Waals surface area contributed by atoms with E-state index >= 15 is 0 Å². The number of rotatable bonds is 4. The third-order valence-corrected chi connectivity index (χ3v) is 9.26. The summed E-state index contributed by atoms with van der Waals surface area (Å²) in [5.41, 5.74) is 1.54. The van der Waals surface area contributed by atoms with E-state index in [2.05, 4.69) is 13.8 Å². The second-order valence-corrected chi connectivity index (χ2v) is 11.2. The first-order chi connectivity index (χ1) is 13.7. The molecule has 0 radical (unpaired) electrons. The van der Waals surface area contributed by atoms with E-state index in [1.54, 1.807) is 0 Å². The maximum atomic E-state index is 13.3. The summed E-state index contributed by atoms with van der Waals surface area (Å²) in [4.78, 5) is 27.2. The molecule has 0 spiro atoms. The highest BCUT2D eigenvalue weighted by molar-refractivity contribution is 7.91. The molecule has 9 nitrogen and oxygen atoms in total. The van der Waals surface area contributed by atoms with Gasteiger partial charge in [-0.3, -0.25) is 14.8 Å². The van der Waals surface area contributed by atoms with Crippen molar-refractivity contribution in [3.8, 4) is 0 Å². The Morgan fingerprint density at radius 2 is 1.62 bits per heavy atom. The molecule has 3 saturated heterocycles. The summed E-state index contributed by atoms with van der Waals surface area (Å²) in [6.07, 6.45) is 2.03. The molecule has 0 bridgehead atoms. The van der Waals surface area contributed by atoms with Crippen molar-refractivity contribution in [2.45, 2.75) is 50.7 Å². The number of carbonyl (C=O) groups excluding carboxylic acids is 2. The van der Waals surface area contributed by atoms with Gasteiger partial charge in [0.1, 0.15) is 0 Å². The minimum Gasteiger partial charge on any atom is -0.381 e. The Morgan fingerprint density at radius 3 is 2.14 bits per heavy atom. The Hall–Kier alpha value is -1.23. The van der Waals surface area contributed by atoms with Gasteiger partial charge in [0.05, 0.1) is 0 Å². The van der Waals surface area contributed by atoms with E-state index in [0.717, 1.165) is 19.5 Å². The minimum atomic E-state index is -3.99. The zero-order valence-electron chi connectivity index (χ0n) is 17.3. The minimum absolute atomic E-state index is 0.00411. The van der Waals surface area contributed by atoms with E-state index in [9.17, 15) is 18.0 Å². The smallest absolute Gasteiger partial charge is 0.266 e. The first-order valence-electron chi connectivity index (χ1n) is 10.5. The average molecular weight is 432 g/mol. The fourth-order valence-electron chi connectivity index (χ4n) is 5.10. The molecule has 3 aliphatic rings. The molecule has 0 unspecified atom stereocenters. The fraction of sp³-hybridized carbons (Fsp3) is 0.895. The molecule has 0 aromatic heterocycles. The molecule has 0 aromatic rings. The van der Waals surface area contributed by atoms with Gasteiger partial charge < -0.3 is 9.64 Å². The van der Waals surface area contributed by atoms with Gasteiger partial charge >= 0.3 is 0 Å². The number of hydrogen-bond donors (Lipinski definition) is 2. The summed E-state index contributed by atoms with van der Waals surface area (Å²) in [5.74, 6) is -0.0112. The lowest BCUT2D eigenvalue weighted by molar-refractivity contribution is -0.139. The molecular formula is C19H33N3O6S. The molecule has 2 atom stereocenters. The van der Waals surface area contributed by atoms with E-state index in [4.69, 9.17) is 9.94 Å². The van der Waals surface area contributed by atoms with Crippen LogP contribution in [0.25, 0.3) is 0 Å². The lowest BCUT2D eigenvalue weighted by Gasteiger charge is -2.42. The third-order valence-electron chi connectivity index (χ3n) is 6.63. The molecule has 166 valence electrons. The van der Waals surface area contributed by atoms with Crippen molar-refractivity contribution < 1.29 is 28.0 Å². The number of hydroxylamine groups is 1. The van der Waals surface area contributed by atoms with Gasteiger partial charge in [0.15, 0.2) is 4.75 Å². The summed E-state index contributed by atoms with van der Waals surface area (Å²) in [6, 6.07) is 0. The highest BCUT2D eigenvalue weighted by Gasteiger charge is 2.54. The number of hydrogen-bond acceptors (Lipinski definition) is 6. The molecule has 10 heteroatoms. The number of ether oxygens (including phenoxy) is 1. The largest absolute Gasteiger partial charge is 0.381 e. The maximum absolute atomic E-state index is 13.3. The Morgan fingerprint density at radius 1 is 1.07 bits per heavy atom.